The summed E-state index contributed by atoms with van der Waals surface area (Å²) in [6, 6.07) is 16.8. The van der Waals surface area contributed by atoms with Gasteiger partial charge in [-0.25, -0.2) is 9.50 Å². The molecule has 0 radical (unpaired) electrons. The maximum atomic E-state index is 13.2. The maximum absolute atomic E-state index is 13.2. The van der Waals surface area contributed by atoms with Crippen LogP contribution in [0.3, 0.4) is 0 Å². The summed E-state index contributed by atoms with van der Waals surface area (Å²) < 4.78 is 8.58. The third-order valence-electron chi connectivity index (χ3n) is 5.15. The second-order valence-electron chi connectivity index (χ2n) is 6.95. The number of pyridine rings is 1. The van der Waals surface area contributed by atoms with E-state index in [4.69, 9.17) is 16.3 Å². The molecule has 0 unspecified atom stereocenters. The molecule has 3 heterocycles. The van der Waals surface area contributed by atoms with E-state index in [1.54, 1.807) is 28.6 Å². The highest BCUT2D eigenvalue weighted by molar-refractivity contribution is 6.30. The quantitative estimate of drug-likeness (QED) is 0.428. The van der Waals surface area contributed by atoms with E-state index in [2.05, 4.69) is 10.1 Å². The highest BCUT2D eigenvalue weighted by atomic mass is 35.5. The number of nitrogens with zero attached hydrogens (tertiary/aromatic N) is 4. The summed E-state index contributed by atoms with van der Waals surface area (Å²) in [4.78, 5) is 17.8. The van der Waals surface area contributed by atoms with Gasteiger partial charge in [-0.2, -0.15) is 5.10 Å². The Labute approximate surface area is 176 Å². The maximum Gasteiger partial charge on any atom is 0.266 e. The molecule has 0 bridgehead atoms. The van der Waals surface area contributed by atoms with Gasteiger partial charge in [0.05, 0.1) is 29.4 Å². The number of hydrogen-bond donors (Lipinski definition) is 0. The fraction of sp³-hybridized carbons (Fsp3) is 0.0870. The molecule has 0 fully saturated rings. The molecule has 30 heavy (non-hydrogen) atoms. The van der Waals surface area contributed by atoms with Crippen molar-refractivity contribution in [2.24, 2.45) is 0 Å². The lowest BCUT2D eigenvalue weighted by molar-refractivity contribution is 0.414. The predicted octanol–water partition coefficient (Wildman–Crippen LogP) is 4.67. The Morgan fingerprint density at radius 2 is 1.87 bits per heavy atom. The minimum atomic E-state index is -0.170. The number of methoxy groups -OCH3 is 1. The number of benzene rings is 2. The summed E-state index contributed by atoms with van der Waals surface area (Å²) in [5.74, 6) is 0.684. The van der Waals surface area contributed by atoms with Gasteiger partial charge in [0.15, 0.2) is 5.65 Å². The first-order valence-electron chi connectivity index (χ1n) is 9.37. The van der Waals surface area contributed by atoms with E-state index >= 15 is 0 Å². The zero-order valence-electron chi connectivity index (χ0n) is 16.3. The van der Waals surface area contributed by atoms with Crippen LogP contribution in [0, 0.1) is 6.92 Å². The molecule has 148 valence electrons. The lowest BCUT2D eigenvalue weighted by Crippen LogP contribution is -2.18. The molecule has 0 amide bonds. The lowest BCUT2D eigenvalue weighted by atomic mass is 10.1. The molecule has 0 saturated carbocycles. The molecular weight excluding hydrogens is 400 g/mol. The highest BCUT2D eigenvalue weighted by Gasteiger charge is 2.16. The average Bonchev–Trinajstić information content (AvgIpc) is 3.11. The van der Waals surface area contributed by atoms with E-state index in [1.165, 1.54) is 0 Å². The molecule has 3 aromatic heterocycles. The number of fused-ring (bicyclic) bond motifs is 3. The molecule has 2 aromatic carbocycles. The highest BCUT2D eigenvalue weighted by Crippen LogP contribution is 2.29. The SMILES string of the molecule is COc1cccc(-n2ccc3c(cnc4c(-c5ccc(Cl)cc5)c(C)nn43)c2=O)c1. The molecule has 0 aliphatic rings. The van der Waals surface area contributed by atoms with Gasteiger partial charge < -0.3 is 4.74 Å². The predicted molar refractivity (Wildman–Crippen MR) is 118 cm³/mol. The number of rotatable bonds is 3. The summed E-state index contributed by atoms with van der Waals surface area (Å²) in [6.07, 6.45) is 3.36. The smallest absolute Gasteiger partial charge is 0.266 e. The molecule has 7 heteroatoms. The van der Waals surface area contributed by atoms with Crippen molar-refractivity contribution in [3.8, 4) is 22.6 Å². The number of aromatic nitrogens is 4. The van der Waals surface area contributed by atoms with Gasteiger partial charge >= 0.3 is 0 Å². The standard InChI is InChI=1S/C23H17ClN4O2/c1-14-21(15-6-8-16(24)9-7-15)22-25-13-19-20(28(22)26-14)10-11-27(23(19)29)17-4-3-5-18(12-17)30-2/h3-13H,1-2H3. The first kappa shape index (κ1) is 18.4. The molecule has 0 aliphatic carbocycles. The lowest BCUT2D eigenvalue weighted by Gasteiger charge is -2.09. The van der Waals surface area contributed by atoms with Crippen LogP contribution >= 0.6 is 11.6 Å². The first-order chi connectivity index (χ1) is 14.6. The number of hydrogen-bond acceptors (Lipinski definition) is 4. The Morgan fingerprint density at radius 3 is 2.63 bits per heavy atom. The van der Waals surface area contributed by atoms with Crippen LogP contribution in [0.4, 0.5) is 0 Å². The fourth-order valence-electron chi connectivity index (χ4n) is 3.69. The average molecular weight is 417 g/mol. The second-order valence-corrected chi connectivity index (χ2v) is 7.39. The Hall–Kier alpha value is -3.64. The van der Waals surface area contributed by atoms with Gasteiger partial charge in [-0.05, 0) is 42.8 Å². The summed E-state index contributed by atoms with van der Waals surface area (Å²) in [6.45, 7) is 1.93. The van der Waals surface area contributed by atoms with E-state index < -0.39 is 0 Å². The van der Waals surface area contributed by atoms with E-state index in [-0.39, 0.29) is 5.56 Å². The number of aryl methyl sites for hydroxylation is 1. The summed E-state index contributed by atoms with van der Waals surface area (Å²) in [7, 11) is 1.60. The van der Waals surface area contributed by atoms with Crippen LogP contribution in [0.25, 0.3) is 33.4 Å². The van der Waals surface area contributed by atoms with Gasteiger partial charge in [0.2, 0.25) is 0 Å². The molecular formula is C23H17ClN4O2. The third-order valence-corrected chi connectivity index (χ3v) is 5.40. The van der Waals surface area contributed by atoms with Gasteiger partial charge in [0.25, 0.3) is 5.56 Å². The molecule has 5 rings (SSSR count). The van der Waals surface area contributed by atoms with E-state index in [0.29, 0.717) is 27.3 Å². The van der Waals surface area contributed by atoms with E-state index in [0.717, 1.165) is 22.5 Å². The minimum Gasteiger partial charge on any atom is -0.497 e. The molecule has 0 spiro atoms. The molecule has 6 nitrogen and oxygen atoms in total. The van der Waals surface area contributed by atoms with Gasteiger partial charge in [-0.1, -0.05) is 29.8 Å². The topological polar surface area (TPSA) is 61.4 Å². The van der Waals surface area contributed by atoms with Gasteiger partial charge in [-0.15, -0.1) is 0 Å². The van der Waals surface area contributed by atoms with Gasteiger partial charge in [-0.3, -0.25) is 9.36 Å². The first-order valence-corrected chi connectivity index (χ1v) is 9.74. The molecule has 0 aliphatic heterocycles. The molecule has 5 aromatic rings. The Balaban J connectivity index is 1.74. The fourth-order valence-corrected chi connectivity index (χ4v) is 3.82. The van der Waals surface area contributed by atoms with Crippen LogP contribution in [0.5, 0.6) is 5.75 Å². The van der Waals surface area contributed by atoms with Gasteiger partial charge in [0, 0.05) is 29.0 Å². The zero-order chi connectivity index (χ0) is 20.8. The zero-order valence-corrected chi connectivity index (χ0v) is 17.1. The largest absolute Gasteiger partial charge is 0.497 e. The third kappa shape index (κ3) is 2.84. The minimum absolute atomic E-state index is 0.170. The van der Waals surface area contributed by atoms with Crippen molar-refractivity contribution in [2.75, 3.05) is 7.11 Å². The van der Waals surface area contributed by atoms with E-state index in [1.807, 2.05) is 61.5 Å². The number of halogens is 1. The van der Waals surface area contributed by atoms with Crippen LogP contribution in [-0.2, 0) is 0 Å². The summed E-state index contributed by atoms with van der Waals surface area (Å²) >= 11 is 6.03. The van der Waals surface area contributed by atoms with Crippen molar-refractivity contribution in [2.45, 2.75) is 6.92 Å². The van der Waals surface area contributed by atoms with Crippen LogP contribution in [0.15, 0.2) is 71.8 Å². The van der Waals surface area contributed by atoms with Crippen LogP contribution < -0.4 is 10.3 Å². The molecule has 0 atom stereocenters. The summed E-state index contributed by atoms with van der Waals surface area (Å²) in [5.41, 5.74) is 4.67. The van der Waals surface area contributed by atoms with Crippen molar-refractivity contribution >= 4 is 28.2 Å². The summed E-state index contributed by atoms with van der Waals surface area (Å²) in [5, 5.41) is 5.82. The van der Waals surface area contributed by atoms with Crippen molar-refractivity contribution < 1.29 is 4.74 Å². The molecule has 0 saturated heterocycles. The van der Waals surface area contributed by atoms with Crippen molar-refractivity contribution in [3.05, 3.63) is 88.1 Å². The van der Waals surface area contributed by atoms with Crippen LogP contribution in [0.1, 0.15) is 5.69 Å². The number of ether oxygens (including phenoxy) is 1. The second kappa shape index (κ2) is 7.00. The Kier molecular flexibility index (Phi) is 4.29. The Morgan fingerprint density at radius 1 is 1.07 bits per heavy atom. The van der Waals surface area contributed by atoms with Crippen LogP contribution in [-0.4, -0.2) is 26.3 Å². The van der Waals surface area contributed by atoms with Crippen LogP contribution in [0.2, 0.25) is 5.02 Å². The van der Waals surface area contributed by atoms with Crippen molar-refractivity contribution in [1.29, 1.82) is 0 Å². The normalized spacial score (nSPS) is 11.3. The van der Waals surface area contributed by atoms with Crippen molar-refractivity contribution in [1.82, 2.24) is 19.2 Å². The monoisotopic (exact) mass is 416 g/mol. The van der Waals surface area contributed by atoms with Gasteiger partial charge in [0.1, 0.15) is 5.75 Å². The Bertz CT molecular complexity index is 1470. The molecule has 0 N–H and O–H groups in total. The van der Waals surface area contributed by atoms with Crippen molar-refractivity contribution in [3.63, 3.8) is 0 Å². The van der Waals surface area contributed by atoms with E-state index in [9.17, 15) is 4.79 Å².